The van der Waals surface area contributed by atoms with Crippen LogP contribution in [0.3, 0.4) is 0 Å². The van der Waals surface area contributed by atoms with Crippen LogP contribution in [-0.4, -0.2) is 54.6 Å². The topological polar surface area (TPSA) is 60.4 Å². The molecule has 1 heterocycles. The molecule has 0 aliphatic carbocycles. The molecule has 0 aromatic carbocycles. The van der Waals surface area contributed by atoms with Crippen molar-refractivity contribution in [2.75, 3.05) is 26.8 Å². The summed E-state index contributed by atoms with van der Waals surface area (Å²) in [6.45, 7) is 4.92. The summed E-state index contributed by atoms with van der Waals surface area (Å²) in [5, 5.41) is 0. The van der Waals surface area contributed by atoms with Gasteiger partial charge in [0.05, 0.1) is 12.6 Å². The number of rotatable bonds is 2. The lowest BCUT2D eigenvalue weighted by Crippen LogP contribution is -2.56. The molecule has 13 heavy (non-hydrogen) atoms. The summed E-state index contributed by atoms with van der Waals surface area (Å²) in [4.78, 5) is 1.87. The summed E-state index contributed by atoms with van der Waals surface area (Å²) in [6, 6.07) is -0.174. The molecule has 0 bridgehead atoms. The Morgan fingerprint density at radius 3 is 2.15 bits per heavy atom. The fourth-order valence-electron chi connectivity index (χ4n) is 1.75. The van der Waals surface area contributed by atoms with Gasteiger partial charge in [-0.1, -0.05) is 0 Å². The molecule has 1 atom stereocenters. The second kappa shape index (κ2) is 3.20. The van der Waals surface area contributed by atoms with Crippen molar-refractivity contribution in [3.63, 3.8) is 0 Å². The van der Waals surface area contributed by atoms with Crippen molar-refractivity contribution in [3.05, 3.63) is 0 Å². The minimum Gasteiger partial charge on any atom is -0.701 e. The first kappa shape index (κ1) is 10.9. The van der Waals surface area contributed by atoms with Crippen LogP contribution in [0, 0.1) is 0 Å². The van der Waals surface area contributed by atoms with Crippen LogP contribution in [0.25, 0.3) is 0 Å². The normalized spacial score (nSPS) is 31.5. The van der Waals surface area contributed by atoms with Gasteiger partial charge in [0.2, 0.25) is 0 Å². The average Bonchev–Trinajstić information content (AvgIpc) is 2.30. The zero-order chi connectivity index (χ0) is 10.3. The van der Waals surface area contributed by atoms with E-state index in [1.54, 1.807) is 13.8 Å². The van der Waals surface area contributed by atoms with Gasteiger partial charge in [0.1, 0.15) is 13.2 Å². The second-order valence-electron chi connectivity index (χ2n) is 3.92. The predicted octanol–water partition coefficient (Wildman–Crippen LogP) is -0.425. The summed E-state index contributed by atoms with van der Waals surface area (Å²) in [5.74, 6) is 0. The van der Waals surface area contributed by atoms with Crippen molar-refractivity contribution in [3.8, 4) is 0 Å². The number of quaternary nitrogens is 1. The lowest BCUT2D eigenvalue weighted by atomic mass is 10.3. The SMILES string of the molecule is CC(C)[N+]1(S(=O)(=O)[O-])CCN(C)C1. The highest BCUT2D eigenvalue weighted by molar-refractivity contribution is 7.80. The van der Waals surface area contributed by atoms with Gasteiger partial charge in [0.15, 0.2) is 0 Å². The summed E-state index contributed by atoms with van der Waals surface area (Å²) in [5.41, 5.74) is 0. The highest BCUT2D eigenvalue weighted by Crippen LogP contribution is 2.24. The Balaban J connectivity index is 3.05. The molecule has 0 amide bonds. The van der Waals surface area contributed by atoms with Crippen molar-refractivity contribution in [2.45, 2.75) is 19.9 Å². The van der Waals surface area contributed by atoms with Crippen LogP contribution in [0.2, 0.25) is 0 Å². The maximum absolute atomic E-state index is 11.1. The lowest BCUT2D eigenvalue weighted by molar-refractivity contribution is -0.825. The first-order valence-corrected chi connectivity index (χ1v) is 5.67. The first-order chi connectivity index (χ1) is 5.79. The van der Waals surface area contributed by atoms with Crippen LogP contribution in [0.5, 0.6) is 0 Å². The zero-order valence-corrected chi connectivity index (χ0v) is 9.04. The molecule has 1 unspecified atom stereocenters. The Kier molecular flexibility index (Phi) is 2.68. The summed E-state index contributed by atoms with van der Waals surface area (Å²) >= 11 is 0. The number of nitrogens with zero attached hydrogens (tertiary/aromatic N) is 2. The molecule has 0 aromatic heterocycles. The highest BCUT2D eigenvalue weighted by Gasteiger charge is 2.43. The van der Waals surface area contributed by atoms with Crippen LogP contribution in [0.1, 0.15) is 13.8 Å². The molecule has 1 rings (SSSR count). The Morgan fingerprint density at radius 1 is 1.46 bits per heavy atom. The third-order valence-electron chi connectivity index (χ3n) is 2.73. The van der Waals surface area contributed by atoms with Crippen LogP contribution >= 0.6 is 0 Å². The molecule has 0 spiro atoms. The Hall–Kier alpha value is -0.170. The van der Waals surface area contributed by atoms with Crippen molar-refractivity contribution in [1.29, 1.82) is 0 Å². The monoisotopic (exact) mass is 208 g/mol. The third-order valence-corrected chi connectivity index (χ3v) is 4.34. The van der Waals surface area contributed by atoms with Crippen LogP contribution in [0.15, 0.2) is 0 Å². The molecular formula is C7H16N2O3S. The molecule has 6 heteroatoms. The van der Waals surface area contributed by atoms with E-state index in [-0.39, 0.29) is 9.93 Å². The van der Waals surface area contributed by atoms with Gasteiger partial charge >= 0.3 is 0 Å². The zero-order valence-electron chi connectivity index (χ0n) is 8.23. The largest absolute Gasteiger partial charge is 0.701 e. The maximum atomic E-state index is 11.1. The van der Waals surface area contributed by atoms with Crippen LogP contribution in [-0.2, 0) is 10.3 Å². The van der Waals surface area contributed by atoms with E-state index in [1.807, 2.05) is 11.9 Å². The molecule has 78 valence electrons. The van der Waals surface area contributed by atoms with E-state index >= 15 is 0 Å². The van der Waals surface area contributed by atoms with E-state index in [4.69, 9.17) is 0 Å². The Morgan fingerprint density at radius 2 is 2.00 bits per heavy atom. The van der Waals surface area contributed by atoms with Gasteiger partial charge in [-0.2, -0.15) is 8.42 Å². The Bertz CT molecular complexity index is 288. The van der Waals surface area contributed by atoms with Gasteiger partial charge in [0, 0.05) is 0 Å². The maximum Gasteiger partial charge on any atom is 0.255 e. The van der Waals surface area contributed by atoms with Gasteiger partial charge in [-0.05, 0) is 20.9 Å². The van der Waals surface area contributed by atoms with Crippen LogP contribution in [0.4, 0.5) is 0 Å². The molecule has 1 aliphatic rings. The van der Waals surface area contributed by atoms with E-state index in [0.717, 1.165) is 0 Å². The molecule has 0 N–H and O–H groups in total. The minimum atomic E-state index is -4.25. The minimum absolute atomic E-state index is 0.174. The quantitative estimate of drug-likeness (QED) is 0.456. The molecule has 1 aliphatic heterocycles. The molecule has 1 fully saturated rings. The standard InChI is InChI=1S/C7H16N2O3S/c1-7(2)9(13(10,11)12)5-4-8(3)6-9/h7H,4-6H2,1-3H3. The fourth-order valence-corrected chi connectivity index (χ4v) is 2.91. The number of hydrogen-bond acceptors (Lipinski definition) is 4. The second-order valence-corrected chi connectivity index (χ2v) is 5.50. The average molecular weight is 208 g/mol. The third kappa shape index (κ3) is 1.71. The van der Waals surface area contributed by atoms with Gasteiger partial charge in [0.25, 0.3) is 10.3 Å². The molecular weight excluding hydrogens is 192 g/mol. The molecule has 0 saturated carbocycles. The van der Waals surface area contributed by atoms with Gasteiger partial charge in [-0.3, -0.25) is 4.90 Å². The molecule has 0 aromatic rings. The molecule has 1 saturated heterocycles. The van der Waals surface area contributed by atoms with Crippen molar-refractivity contribution in [2.24, 2.45) is 0 Å². The lowest BCUT2D eigenvalue weighted by Gasteiger charge is -2.38. The number of likely N-dealkylation sites (N-methyl/N-ethyl adjacent to an activating group) is 1. The smallest absolute Gasteiger partial charge is 0.255 e. The van der Waals surface area contributed by atoms with Gasteiger partial charge < -0.3 is 4.55 Å². The van der Waals surface area contributed by atoms with E-state index in [0.29, 0.717) is 19.8 Å². The van der Waals surface area contributed by atoms with Crippen molar-refractivity contribution in [1.82, 2.24) is 4.90 Å². The first-order valence-electron chi connectivity index (χ1n) is 4.31. The fraction of sp³-hybridized carbons (Fsp3) is 1.00. The van der Waals surface area contributed by atoms with E-state index in [9.17, 15) is 13.0 Å². The predicted molar refractivity (Wildman–Crippen MR) is 47.5 cm³/mol. The van der Waals surface area contributed by atoms with Gasteiger partial charge in [-0.25, -0.2) is 3.89 Å². The van der Waals surface area contributed by atoms with Crippen molar-refractivity contribution < 1.29 is 16.9 Å². The highest BCUT2D eigenvalue weighted by atomic mass is 32.2. The molecule has 0 radical (unpaired) electrons. The van der Waals surface area contributed by atoms with Gasteiger partial charge in [-0.15, -0.1) is 0 Å². The van der Waals surface area contributed by atoms with E-state index in [2.05, 4.69) is 0 Å². The van der Waals surface area contributed by atoms with E-state index in [1.165, 1.54) is 0 Å². The summed E-state index contributed by atoms with van der Waals surface area (Å²) < 4.78 is 33.1. The number of hydrogen-bond donors (Lipinski definition) is 0. The van der Waals surface area contributed by atoms with E-state index < -0.39 is 10.3 Å². The molecule has 5 nitrogen and oxygen atoms in total. The Labute approximate surface area is 79.4 Å². The van der Waals surface area contributed by atoms with Crippen LogP contribution < -0.4 is 0 Å². The summed E-state index contributed by atoms with van der Waals surface area (Å²) in [7, 11) is -2.42. The van der Waals surface area contributed by atoms with Crippen molar-refractivity contribution >= 4 is 10.3 Å². The summed E-state index contributed by atoms with van der Waals surface area (Å²) in [6.07, 6.45) is 0.